The zero-order valence-electron chi connectivity index (χ0n) is 14.0. The molecular weight excluding hydrogens is 369 g/mol. The summed E-state index contributed by atoms with van der Waals surface area (Å²) in [5, 5.41) is 3.98. The molecule has 0 bridgehead atoms. The van der Waals surface area contributed by atoms with Crippen LogP contribution in [0.15, 0.2) is 53.7 Å². The molecule has 0 spiro atoms. The summed E-state index contributed by atoms with van der Waals surface area (Å²) in [6.07, 6.45) is 0. The Hall–Kier alpha value is -2.55. The van der Waals surface area contributed by atoms with Crippen LogP contribution in [0.5, 0.6) is 0 Å². The molecule has 140 valence electrons. The maximum absolute atomic E-state index is 12.8. The number of nitrogens with one attached hydrogen (secondary N) is 1. The molecule has 0 saturated carbocycles. The van der Waals surface area contributed by atoms with Crippen molar-refractivity contribution in [3.8, 4) is 0 Å². The normalized spacial score (nSPS) is 12.7. The van der Waals surface area contributed by atoms with Gasteiger partial charge in [-0.2, -0.15) is 21.6 Å². The van der Waals surface area contributed by atoms with Crippen LogP contribution < -0.4 is 4.72 Å². The van der Waals surface area contributed by atoms with Crippen LogP contribution in [0.3, 0.4) is 0 Å². The Morgan fingerprint density at radius 3 is 2.38 bits per heavy atom. The molecule has 2 aromatic carbocycles. The van der Waals surface area contributed by atoms with Gasteiger partial charge in [-0.15, -0.1) is 0 Å². The Labute approximate surface area is 149 Å². The van der Waals surface area contributed by atoms with E-state index >= 15 is 0 Å². The molecule has 0 saturated heterocycles. The number of rotatable bonds is 6. The summed E-state index contributed by atoms with van der Waals surface area (Å²) in [6, 6.07) is 12.9. The molecule has 9 heteroatoms. The minimum absolute atomic E-state index is 0.178. The number of benzene rings is 2. The minimum Gasteiger partial charge on any atom is -0.396 e. The molecule has 0 aromatic heterocycles. The predicted molar refractivity (Wildman–Crippen MR) is 93.5 cm³/mol. The third-order valence-corrected chi connectivity index (χ3v) is 4.41. The average molecular weight is 386 g/mol. The number of aryl methyl sites for hydroxylation is 1. The number of alkyl halides is 3. The van der Waals surface area contributed by atoms with Gasteiger partial charge in [0, 0.05) is 11.1 Å². The van der Waals surface area contributed by atoms with Gasteiger partial charge in [0.25, 0.3) is 0 Å². The van der Waals surface area contributed by atoms with E-state index in [4.69, 9.17) is 4.84 Å². The molecule has 2 rings (SSSR count). The molecule has 0 fully saturated rings. The van der Waals surface area contributed by atoms with Gasteiger partial charge >= 0.3 is 15.5 Å². The van der Waals surface area contributed by atoms with Crippen LogP contribution in [0.1, 0.15) is 23.6 Å². The largest absolute Gasteiger partial charge is 0.516 e. The van der Waals surface area contributed by atoms with Gasteiger partial charge in [-0.3, -0.25) is 4.72 Å². The van der Waals surface area contributed by atoms with E-state index in [1.807, 2.05) is 0 Å². The lowest BCUT2D eigenvalue weighted by molar-refractivity contribution is -0.0429. The first-order valence-electron chi connectivity index (χ1n) is 7.61. The van der Waals surface area contributed by atoms with Crippen molar-refractivity contribution in [1.29, 1.82) is 0 Å². The van der Waals surface area contributed by atoms with Gasteiger partial charge in [-0.05, 0) is 26.0 Å². The van der Waals surface area contributed by atoms with Crippen LogP contribution in [0.2, 0.25) is 0 Å². The highest BCUT2D eigenvalue weighted by Gasteiger charge is 2.46. The highest BCUT2D eigenvalue weighted by atomic mass is 32.2. The quantitative estimate of drug-likeness (QED) is 0.602. The maximum atomic E-state index is 12.8. The van der Waals surface area contributed by atoms with Crippen LogP contribution in [-0.2, 0) is 14.9 Å². The van der Waals surface area contributed by atoms with Gasteiger partial charge in [-0.1, -0.05) is 47.1 Å². The van der Waals surface area contributed by atoms with Gasteiger partial charge < -0.3 is 4.84 Å². The second-order valence-corrected chi connectivity index (χ2v) is 7.00. The molecule has 1 N–H and O–H groups in total. The lowest BCUT2D eigenvalue weighted by Gasteiger charge is -2.16. The summed E-state index contributed by atoms with van der Waals surface area (Å²) in [4.78, 5) is 5.09. The Kier molecular flexibility index (Phi) is 5.91. The van der Waals surface area contributed by atoms with E-state index in [0.717, 1.165) is 5.56 Å². The fourth-order valence-electron chi connectivity index (χ4n) is 2.13. The van der Waals surface area contributed by atoms with Crippen molar-refractivity contribution in [1.82, 2.24) is 0 Å². The van der Waals surface area contributed by atoms with Crippen molar-refractivity contribution in [2.75, 3.05) is 11.3 Å². The van der Waals surface area contributed by atoms with Crippen LogP contribution in [0, 0.1) is 6.92 Å². The van der Waals surface area contributed by atoms with Crippen molar-refractivity contribution < 1.29 is 26.4 Å². The van der Waals surface area contributed by atoms with Crippen LogP contribution in [-0.4, -0.2) is 26.2 Å². The average Bonchev–Trinajstić information content (AvgIpc) is 2.57. The van der Waals surface area contributed by atoms with Crippen molar-refractivity contribution >= 4 is 21.4 Å². The molecule has 0 unspecified atom stereocenters. The van der Waals surface area contributed by atoms with Crippen molar-refractivity contribution in [2.45, 2.75) is 19.4 Å². The van der Waals surface area contributed by atoms with E-state index in [1.54, 1.807) is 55.0 Å². The number of halogens is 3. The third-order valence-electron chi connectivity index (χ3n) is 3.31. The van der Waals surface area contributed by atoms with E-state index < -0.39 is 15.5 Å². The lowest BCUT2D eigenvalue weighted by Crippen LogP contribution is -2.30. The Bertz CT molecular complexity index is 895. The number of nitrogens with zero attached hydrogens (tertiary/aromatic N) is 1. The summed E-state index contributed by atoms with van der Waals surface area (Å²) < 4.78 is 62.9. The molecule has 26 heavy (non-hydrogen) atoms. The van der Waals surface area contributed by atoms with Gasteiger partial charge in [-0.25, -0.2) is 0 Å². The molecule has 2 aromatic rings. The molecule has 0 atom stereocenters. The third kappa shape index (κ3) is 4.54. The number of oxime groups is 1. The molecule has 0 heterocycles. The molecule has 0 aliphatic carbocycles. The van der Waals surface area contributed by atoms with Crippen molar-refractivity contribution in [2.24, 2.45) is 5.16 Å². The zero-order valence-corrected chi connectivity index (χ0v) is 14.9. The number of anilines is 1. The van der Waals surface area contributed by atoms with Gasteiger partial charge in [0.15, 0.2) is 0 Å². The predicted octanol–water partition coefficient (Wildman–Crippen LogP) is 4.05. The van der Waals surface area contributed by atoms with E-state index in [9.17, 15) is 21.6 Å². The minimum atomic E-state index is -5.57. The van der Waals surface area contributed by atoms with E-state index in [1.165, 1.54) is 12.1 Å². The first-order valence-corrected chi connectivity index (χ1v) is 9.09. The summed E-state index contributed by atoms with van der Waals surface area (Å²) in [6.45, 7) is 3.68. The lowest BCUT2D eigenvalue weighted by atomic mass is 9.99. The Morgan fingerprint density at radius 1 is 1.15 bits per heavy atom. The van der Waals surface area contributed by atoms with Crippen LogP contribution in [0.25, 0.3) is 0 Å². The summed E-state index contributed by atoms with van der Waals surface area (Å²) in [7, 11) is -5.57. The SMILES string of the molecule is CCO/N=C(\c1ccccc1)c1cc(C)ccc1NS(=O)(=O)C(F)(F)F. The van der Waals surface area contributed by atoms with Crippen molar-refractivity contribution in [3.05, 3.63) is 65.2 Å². The second kappa shape index (κ2) is 7.77. The highest BCUT2D eigenvalue weighted by molar-refractivity contribution is 7.93. The molecule has 0 radical (unpaired) electrons. The number of sulfonamides is 1. The number of hydrogen-bond acceptors (Lipinski definition) is 4. The van der Waals surface area contributed by atoms with E-state index in [2.05, 4.69) is 5.16 Å². The fourth-order valence-corrected chi connectivity index (χ4v) is 2.71. The maximum Gasteiger partial charge on any atom is 0.516 e. The monoisotopic (exact) mass is 386 g/mol. The van der Waals surface area contributed by atoms with Gasteiger partial charge in [0.05, 0.1) is 5.69 Å². The fraction of sp³-hybridized carbons (Fsp3) is 0.235. The molecule has 5 nitrogen and oxygen atoms in total. The van der Waals surface area contributed by atoms with E-state index in [-0.39, 0.29) is 23.6 Å². The highest BCUT2D eigenvalue weighted by Crippen LogP contribution is 2.29. The first-order chi connectivity index (χ1) is 12.2. The van der Waals surface area contributed by atoms with E-state index in [0.29, 0.717) is 5.56 Å². The second-order valence-electron chi connectivity index (χ2n) is 5.32. The number of hydrogen-bond donors (Lipinski definition) is 1. The molecule has 0 aliphatic heterocycles. The first kappa shape index (κ1) is 19.8. The summed E-state index contributed by atoms with van der Waals surface area (Å²) in [5.41, 5.74) is -3.99. The van der Waals surface area contributed by atoms with Crippen molar-refractivity contribution in [3.63, 3.8) is 0 Å². The van der Waals surface area contributed by atoms with Crippen LogP contribution >= 0.6 is 0 Å². The van der Waals surface area contributed by atoms with Gasteiger partial charge in [0.1, 0.15) is 12.3 Å². The van der Waals surface area contributed by atoms with Gasteiger partial charge in [0.2, 0.25) is 0 Å². The smallest absolute Gasteiger partial charge is 0.396 e. The summed E-state index contributed by atoms with van der Waals surface area (Å²) >= 11 is 0. The molecule has 0 amide bonds. The Morgan fingerprint density at radius 2 is 1.81 bits per heavy atom. The standard InChI is InChI=1S/C17H17F3N2O3S/c1-3-25-21-16(13-7-5-4-6-8-13)14-11-12(2)9-10-15(14)22-26(23,24)17(18,19)20/h4-11,22H,3H2,1-2H3/b21-16+. The zero-order chi connectivity index (χ0) is 19.4. The topological polar surface area (TPSA) is 67.8 Å². The summed E-state index contributed by atoms with van der Waals surface area (Å²) in [5.74, 6) is 0. The van der Waals surface area contributed by atoms with Crippen LogP contribution in [0.4, 0.5) is 18.9 Å². The molecular formula is C17H17F3N2O3S. The molecule has 0 aliphatic rings. The Balaban J connectivity index is 2.61.